The number of nitrogens with zero attached hydrogens (tertiary/aromatic N) is 1. The highest BCUT2D eigenvalue weighted by molar-refractivity contribution is 7.80. The minimum Gasteiger partial charge on any atom is -0.298 e. The molecule has 1 N–H and O–H groups in total. The molecule has 30 heavy (non-hydrogen) atoms. The number of nitrogens with one attached hydrogen (secondary N) is 1. The number of anilines is 1. The molecule has 0 radical (unpaired) electrons. The van der Waals surface area contributed by atoms with Crippen LogP contribution in [0.1, 0.15) is 5.56 Å². The monoisotopic (exact) mass is 436 g/mol. The van der Waals surface area contributed by atoms with Gasteiger partial charge in [-0.05, 0) is 71.4 Å². The lowest BCUT2D eigenvalue weighted by molar-refractivity contribution is -0.122. The van der Waals surface area contributed by atoms with E-state index >= 15 is 0 Å². The zero-order valence-electron chi connectivity index (χ0n) is 15.4. The molecule has 3 aromatic carbocycles. The fourth-order valence-electron chi connectivity index (χ4n) is 3.06. The van der Waals surface area contributed by atoms with E-state index in [1.165, 1.54) is 23.1 Å². The maximum Gasteiger partial charge on any atom is 0.270 e. The molecule has 4 rings (SSSR count). The van der Waals surface area contributed by atoms with Crippen LogP contribution in [0.25, 0.3) is 17.2 Å². The van der Waals surface area contributed by atoms with Gasteiger partial charge in [0, 0.05) is 5.02 Å². The Morgan fingerprint density at radius 2 is 1.43 bits per heavy atom. The van der Waals surface area contributed by atoms with Gasteiger partial charge in [-0.2, -0.15) is 0 Å². The van der Waals surface area contributed by atoms with Crippen molar-refractivity contribution in [2.45, 2.75) is 0 Å². The van der Waals surface area contributed by atoms with Crippen LogP contribution in [0.2, 0.25) is 5.02 Å². The number of carbonyl (C=O) groups is 2. The van der Waals surface area contributed by atoms with Crippen molar-refractivity contribution in [3.63, 3.8) is 0 Å². The summed E-state index contributed by atoms with van der Waals surface area (Å²) in [7, 11) is 0. The first kappa shape index (κ1) is 19.9. The van der Waals surface area contributed by atoms with Crippen LogP contribution in [-0.2, 0) is 9.59 Å². The highest BCUT2D eigenvalue weighted by Crippen LogP contribution is 2.25. The molecule has 3 aromatic rings. The van der Waals surface area contributed by atoms with Gasteiger partial charge in [0.25, 0.3) is 11.8 Å². The molecule has 0 bridgehead atoms. The molecule has 1 heterocycles. The second-order valence-electron chi connectivity index (χ2n) is 6.56. The predicted octanol–water partition coefficient (Wildman–Crippen LogP) is 4.98. The molecule has 0 unspecified atom stereocenters. The summed E-state index contributed by atoms with van der Waals surface area (Å²) in [5.41, 5.74) is 2.89. The van der Waals surface area contributed by atoms with E-state index in [4.69, 9.17) is 23.8 Å². The molecule has 4 nitrogen and oxygen atoms in total. The van der Waals surface area contributed by atoms with Gasteiger partial charge in [0.1, 0.15) is 11.4 Å². The molecule has 1 aliphatic heterocycles. The molecule has 1 fully saturated rings. The lowest BCUT2D eigenvalue weighted by atomic mass is 10.0. The third-order valence-electron chi connectivity index (χ3n) is 4.59. The van der Waals surface area contributed by atoms with E-state index in [2.05, 4.69) is 5.32 Å². The maximum absolute atomic E-state index is 13.1. The fourth-order valence-corrected chi connectivity index (χ4v) is 3.47. The third-order valence-corrected chi connectivity index (χ3v) is 5.12. The van der Waals surface area contributed by atoms with Crippen molar-refractivity contribution in [3.05, 3.63) is 94.8 Å². The molecular weight excluding hydrogens is 423 g/mol. The van der Waals surface area contributed by atoms with Crippen molar-refractivity contribution in [3.8, 4) is 11.1 Å². The van der Waals surface area contributed by atoms with Crippen LogP contribution < -0.4 is 10.2 Å². The molecule has 148 valence electrons. The van der Waals surface area contributed by atoms with Gasteiger partial charge < -0.3 is 0 Å². The van der Waals surface area contributed by atoms with Gasteiger partial charge in [0.05, 0.1) is 5.69 Å². The number of carbonyl (C=O) groups excluding carboxylic acids is 2. The van der Waals surface area contributed by atoms with Gasteiger partial charge in [-0.1, -0.05) is 48.0 Å². The smallest absolute Gasteiger partial charge is 0.270 e. The van der Waals surface area contributed by atoms with Crippen LogP contribution in [0.4, 0.5) is 10.1 Å². The summed E-state index contributed by atoms with van der Waals surface area (Å²) in [5.74, 6) is -1.38. The second-order valence-corrected chi connectivity index (χ2v) is 7.39. The third kappa shape index (κ3) is 4.01. The molecule has 7 heteroatoms. The number of hydrogen-bond donors (Lipinski definition) is 1. The Kier molecular flexibility index (Phi) is 5.44. The lowest BCUT2D eigenvalue weighted by Gasteiger charge is -2.28. The quantitative estimate of drug-likeness (QED) is 0.358. The molecular formula is C23H14ClFN2O2S. The summed E-state index contributed by atoms with van der Waals surface area (Å²) >= 11 is 11.1. The average molecular weight is 437 g/mol. The van der Waals surface area contributed by atoms with Gasteiger partial charge in [0.15, 0.2) is 5.11 Å². The van der Waals surface area contributed by atoms with E-state index in [9.17, 15) is 14.0 Å². The Bertz CT molecular complexity index is 1170. The van der Waals surface area contributed by atoms with Crippen molar-refractivity contribution >= 4 is 52.5 Å². The van der Waals surface area contributed by atoms with Crippen molar-refractivity contribution in [1.29, 1.82) is 0 Å². The number of hydrogen-bond acceptors (Lipinski definition) is 3. The lowest BCUT2D eigenvalue weighted by Crippen LogP contribution is -2.54. The van der Waals surface area contributed by atoms with Crippen LogP contribution in [-0.4, -0.2) is 16.9 Å². The number of rotatable bonds is 3. The topological polar surface area (TPSA) is 49.4 Å². The first-order valence-electron chi connectivity index (χ1n) is 8.95. The maximum atomic E-state index is 13.1. The number of thiocarbonyl (C=S) groups is 1. The summed E-state index contributed by atoms with van der Waals surface area (Å²) < 4.78 is 13.1. The first-order valence-corrected chi connectivity index (χ1v) is 9.74. The van der Waals surface area contributed by atoms with Crippen LogP contribution in [0.5, 0.6) is 0 Å². The van der Waals surface area contributed by atoms with E-state index in [0.29, 0.717) is 16.3 Å². The molecule has 0 atom stereocenters. The first-order chi connectivity index (χ1) is 14.4. The summed E-state index contributed by atoms with van der Waals surface area (Å²) in [5, 5.41) is 3.08. The van der Waals surface area contributed by atoms with Crippen molar-refractivity contribution in [2.24, 2.45) is 0 Å². The molecule has 1 aliphatic rings. The number of halogens is 2. The predicted molar refractivity (Wildman–Crippen MR) is 119 cm³/mol. The normalized spacial score (nSPS) is 15.5. The Morgan fingerprint density at radius 3 is 2.03 bits per heavy atom. The van der Waals surface area contributed by atoms with Crippen LogP contribution >= 0.6 is 23.8 Å². The van der Waals surface area contributed by atoms with Crippen molar-refractivity contribution in [1.82, 2.24) is 5.32 Å². The summed E-state index contributed by atoms with van der Waals surface area (Å²) in [6.07, 6.45) is 1.51. The molecule has 0 aromatic heterocycles. The second kappa shape index (κ2) is 8.18. The van der Waals surface area contributed by atoms with Crippen LogP contribution in [0, 0.1) is 5.82 Å². The number of benzene rings is 3. The zero-order valence-corrected chi connectivity index (χ0v) is 17.0. The minimum atomic E-state index is -0.558. The summed E-state index contributed by atoms with van der Waals surface area (Å²) in [4.78, 5) is 26.7. The molecule has 0 aliphatic carbocycles. The molecule has 2 amide bonds. The average Bonchev–Trinajstić information content (AvgIpc) is 2.73. The largest absolute Gasteiger partial charge is 0.298 e. The SMILES string of the molecule is O=C1NC(=S)N(c2ccc(Cl)cc2)C(=O)C1=Cc1ccc(-c2ccc(F)cc2)cc1. The standard InChI is InChI=1S/C23H14ClFN2O2S/c24-17-7-11-19(12-8-17)27-22(29)20(21(28)26-23(27)30)13-14-1-3-15(4-2-14)16-5-9-18(25)10-6-16/h1-13H,(H,26,28,30). The highest BCUT2D eigenvalue weighted by atomic mass is 35.5. The number of amides is 2. The van der Waals surface area contributed by atoms with Gasteiger partial charge in [-0.3, -0.25) is 19.8 Å². The van der Waals surface area contributed by atoms with Crippen LogP contribution in [0.15, 0.2) is 78.4 Å². The van der Waals surface area contributed by atoms with E-state index in [1.54, 1.807) is 48.5 Å². The van der Waals surface area contributed by atoms with E-state index in [-0.39, 0.29) is 16.5 Å². The molecule has 0 spiro atoms. The van der Waals surface area contributed by atoms with E-state index in [1.807, 2.05) is 12.1 Å². The fraction of sp³-hybridized carbons (Fsp3) is 0. The van der Waals surface area contributed by atoms with Gasteiger partial charge >= 0.3 is 0 Å². The van der Waals surface area contributed by atoms with Crippen molar-refractivity contribution in [2.75, 3.05) is 4.90 Å². The van der Waals surface area contributed by atoms with E-state index in [0.717, 1.165) is 11.1 Å². The highest BCUT2D eigenvalue weighted by Gasteiger charge is 2.34. The Balaban J connectivity index is 1.63. The van der Waals surface area contributed by atoms with E-state index < -0.39 is 11.8 Å². The summed E-state index contributed by atoms with van der Waals surface area (Å²) in [6.45, 7) is 0. The Hall–Kier alpha value is -3.35. The van der Waals surface area contributed by atoms with Crippen molar-refractivity contribution < 1.29 is 14.0 Å². The zero-order chi connectivity index (χ0) is 21.3. The minimum absolute atomic E-state index is 0.0103. The Labute approximate surface area is 182 Å². The molecule has 1 saturated heterocycles. The van der Waals surface area contributed by atoms with Crippen LogP contribution in [0.3, 0.4) is 0 Å². The molecule has 0 saturated carbocycles. The van der Waals surface area contributed by atoms with Gasteiger partial charge in [0.2, 0.25) is 0 Å². The van der Waals surface area contributed by atoms with Gasteiger partial charge in [-0.15, -0.1) is 0 Å². The Morgan fingerprint density at radius 1 is 0.867 bits per heavy atom. The summed E-state index contributed by atoms with van der Waals surface area (Å²) in [6, 6.07) is 20.0. The van der Waals surface area contributed by atoms with Gasteiger partial charge in [-0.25, -0.2) is 4.39 Å².